The van der Waals surface area contributed by atoms with Gasteiger partial charge in [0.15, 0.2) is 0 Å². The number of rotatable bonds is 4. The molecular formula is C16H24O2. The van der Waals surface area contributed by atoms with Gasteiger partial charge in [-0.3, -0.25) is 0 Å². The molecule has 18 heavy (non-hydrogen) atoms. The summed E-state index contributed by atoms with van der Waals surface area (Å²) in [6.07, 6.45) is 2.94. The lowest BCUT2D eigenvalue weighted by atomic mass is 9.90. The van der Waals surface area contributed by atoms with Gasteiger partial charge in [-0.25, -0.2) is 0 Å². The van der Waals surface area contributed by atoms with E-state index in [1.165, 1.54) is 11.1 Å². The SMILES string of the molecule is CCc1ccc(C(O)C2COC(C)C2)cc1CC. The Morgan fingerprint density at radius 1 is 1.28 bits per heavy atom. The summed E-state index contributed by atoms with van der Waals surface area (Å²) in [5.41, 5.74) is 3.80. The average Bonchev–Trinajstić information content (AvgIpc) is 2.83. The van der Waals surface area contributed by atoms with Crippen LogP contribution in [0.5, 0.6) is 0 Å². The first-order valence-corrected chi connectivity index (χ1v) is 7.07. The van der Waals surface area contributed by atoms with Crippen molar-refractivity contribution >= 4 is 0 Å². The minimum Gasteiger partial charge on any atom is -0.388 e. The lowest BCUT2D eigenvalue weighted by molar-refractivity contribution is 0.0803. The van der Waals surface area contributed by atoms with E-state index in [2.05, 4.69) is 39.0 Å². The van der Waals surface area contributed by atoms with Crippen molar-refractivity contribution in [2.24, 2.45) is 5.92 Å². The summed E-state index contributed by atoms with van der Waals surface area (Å²) in [5, 5.41) is 10.4. The molecule has 1 aromatic rings. The summed E-state index contributed by atoms with van der Waals surface area (Å²) in [5.74, 6) is 0.247. The molecule has 0 saturated carbocycles. The van der Waals surface area contributed by atoms with Crippen molar-refractivity contribution in [1.29, 1.82) is 0 Å². The van der Waals surface area contributed by atoms with E-state index in [1.807, 2.05) is 0 Å². The number of ether oxygens (including phenoxy) is 1. The van der Waals surface area contributed by atoms with Gasteiger partial charge in [0.2, 0.25) is 0 Å². The summed E-state index contributed by atoms with van der Waals surface area (Å²) < 4.78 is 5.55. The van der Waals surface area contributed by atoms with E-state index in [1.54, 1.807) is 0 Å². The summed E-state index contributed by atoms with van der Waals surface area (Å²) in [6.45, 7) is 7.10. The fraction of sp³-hybridized carbons (Fsp3) is 0.625. The fourth-order valence-corrected chi connectivity index (χ4v) is 2.85. The molecule has 100 valence electrons. The predicted octanol–water partition coefficient (Wildman–Crippen LogP) is 3.27. The normalized spacial score (nSPS) is 25.3. The van der Waals surface area contributed by atoms with Crippen molar-refractivity contribution in [2.45, 2.75) is 52.2 Å². The molecule has 1 aliphatic heterocycles. The second-order valence-electron chi connectivity index (χ2n) is 5.32. The summed E-state index contributed by atoms with van der Waals surface area (Å²) in [6, 6.07) is 6.41. The number of aliphatic hydroxyl groups is 1. The Kier molecular flexibility index (Phi) is 4.41. The highest BCUT2D eigenvalue weighted by molar-refractivity contribution is 5.33. The second kappa shape index (κ2) is 5.85. The Balaban J connectivity index is 2.17. The Morgan fingerprint density at radius 2 is 2.00 bits per heavy atom. The molecular weight excluding hydrogens is 224 g/mol. The lowest BCUT2D eigenvalue weighted by Crippen LogP contribution is -2.13. The van der Waals surface area contributed by atoms with Gasteiger partial charge in [-0.2, -0.15) is 0 Å². The van der Waals surface area contributed by atoms with Crippen LogP contribution in [0, 0.1) is 5.92 Å². The van der Waals surface area contributed by atoms with Crippen LogP contribution in [-0.4, -0.2) is 17.8 Å². The van der Waals surface area contributed by atoms with Crippen molar-refractivity contribution in [1.82, 2.24) is 0 Å². The molecule has 0 spiro atoms. The minimum absolute atomic E-state index is 0.247. The Hall–Kier alpha value is -0.860. The number of benzene rings is 1. The smallest absolute Gasteiger partial charge is 0.0841 e. The summed E-state index contributed by atoms with van der Waals surface area (Å²) >= 11 is 0. The van der Waals surface area contributed by atoms with E-state index in [0.29, 0.717) is 6.61 Å². The highest BCUT2D eigenvalue weighted by Crippen LogP contribution is 2.32. The lowest BCUT2D eigenvalue weighted by Gasteiger charge is -2.19. The molecule has 1 aromatic carbocycles. The summed E-state index contributed by atoms with van der Waals surface area (Å²) in [4.78, 5) is 0. The molecule has 1 fully saturated rings. The van der Waals surface area contributed by atoms with Gasteiger partial charge in [0.05, 0.1) is 18.8 Å². The zero-order valence-corrected chi connectivity index (χ0v) is 11.6. The van der Waals surface area contributed by atoms with E-state index in [9.17, 15) is 5.11 Å². The fourth-order valence-electron chi connectivity index (χ4n) is 2.85. The van der Waals surface area contributed by atoms with E-state index >= 15 is 0 Å². The molecule has 1 N–H and O–H groups in total. The Bertz CT molecular complexity index is 400. The van der Waals surface area contributed by atoms with Crippen LogP contribution >= 0.6 is 0 Å². The van der Waals surface area contributed by atoms with Gasteiger partial charge in [0, 0.05) is 5.92 Å². The molecule has 0 aromatic heterocycles. The predicted molar refractivity (Wildman–Crippen MR) is 73.7 cm³/mol. The van der Waals surface area contributed by atoms with Gasteiger partial charge >= 0.3 is 0 Å². The van der Waals surface area contributed by atoms with Gasteiger partial charge in [-0.15, -0.1) is 0 Å². The van der Waals surface area contributed by atoms with Crippen LogP contribution in [0.15, 0.2) is 18.2 Å². The molecule has 0 radical (unpaired) electrons. The summed E-state index contributed by atoms with van der Waals surface area (Å²) in [7, 11) is 0. The first-order valence-electron chi connectivity index (χ1n) is 7.07. The molecule has 1 saturated heterocycles. The van der Waals surface area contributed by atoms with Crippen molar-refractivity contribution in [3.8, 4) is 0 Å². The van der Waals surface area contributed by atoms with Crippen LogP contribution in [-0.2, 0) is 17.6 Å². The van der Waals surface area contributed by atoms with Gasteiger partial charge < -0.3 is 9.84 Å². The van der Waals surface area contributed by atoms with Crippen molar-refractivity contribution in [2.75, 3.05) is 6.61 Å². The van der Waals surface area contributed by atoms with Gasteiger partial charge in [0.1, 0.15) is 0 Å². The van der Waals surface area contributed by atoms with Crippen molar-refractivity contribution in [3.63, 3.8) is 0 Å². The second-order valence-corrected chi connectivity index (χ2v) is 5.32. The molecule has 1 heterocycles. The number of aliphatic hydroxyl groups excluding tert-OH is 1. The van der Waals surface area contributed by atoms with Gasteiger partial charge in [0.25, 0.3) is 0 Å². The molecule has 0 aliphatic carbocycles. The van der Waals surface area contributed by atoms with Crippen LogP contribution in [0.25, 0.3) is 0 Å². The molecule has 2 heteroatoms. The van der Waals surface area contributed by atoms with E-state index < -0.39 is 0 Å². The maximum atomic E-state index is 10.4. The van der Waals surface area contributed by atoms with Crippen molar-refractivity contribution in [3.05, 3.63) is 34.9 Å². The number of hydrogen-bond acceptors (Lipinski definition) is 2. The average molecular weight is 248 g/mol. The van der Waals surface area contributed by atoms with Crippen LogP contribution in [0.3, 0.4) is 0 Å². The quantitative estimate of drug-likeness (QED) is 0.886. The number of hydrogen-bond donors (Lipinski definition) is 1. The van der Waals surface area contributed by atoms with E-state index in [4.69, 9.17) is 4.74 Å². The minimum atomic E-state index is -0.383. The third kappa shape index (κ3) is 2.76. The van der Waals surface area contributed by atoms with Gasteiger partial charge in [-0.05, 0) is 42.9 Å². The molecule has 3 atom stereocenters. The van der Waals surface area contributed by atoms with E-state index in [-0.39, 0.29) is 18.1 Å². The zero-order chi connectivity index (χ0) is 13.1. The molecule has 2 nitrogen and oxygen atoms in total. The molecule has 1 aliphatic rings. The monoisotopic (exact) mass is 248 g/mol. The first kappa shape index (κ1) is 13.6. The third-order valence-electron chi connectivity index (χ3n) is 4.01. The van der Waals surface area contributed by atoms with Crippen LogP contribution < -0.4 is 0 Å². The Labute approximate surface area is 110 Å². The molecule has 2 rings (SSSR count). The highest BCUT2D eigenvalue weighted by Gasteiger charge is 2.29. The number of aryl methyl sites for hydroxylation is 2. The largest absolute Gasteiger partial charge is 0.388 e. The molecule has 3 unspecified atom stereocenters. The Morgan fingerprint density at radius 3 is 2.56 bits per heavy atom. The van der Waals surface area contributed by atoms with Gasteiger partial charge in [-0.1, -0.05) is 32.0 Å². The van der Waals surface area contributed by atoms with Crippen LogP contribution in [0.2, 0.25) is 0 Å². The maximum absolute atomic E-state index is 10.4. The van der Waals surface area contributed by atoms with Crippen LogP contribution in [0.1, 0.15) is 50.0 Å². The third-order valence-corrected chi connectivity index (χ3v) is 4.01. The van der Waals surface area contributed by atoms with E-state index in [0.717, 1.165) is 24.8 Å². The molecule has 0 amide bonds. The topological polar surface area (TPSA) is 29.5 Å². The highest BCUT2D eigenvalue weighted by atomic mass is 16.5. The standard InChI is InChI=1S/C16H24O2/c1-4-12-6-7-14(9-13(12)5-2)16(17)15-8-11(3)18-10-15/h6-7,9,11,15-17H,4-5,8,10H2,1-3H3. The zero-order valence-electron chi connectivity index (χ0n) is 11.6. The first-order chi connectivity index (χ1) is 8.65. The molecule has 0 bridgehead atoms. The van der Waals surface area contributed by atoms with Crippen molar-refractivity contribution < 1.29 is 9.84 Å². The van der Waals surface area contributed by atoms with Crippen LogP contribution in [0.4, 0.5) is 0 Å². The maximum Gasteiger partial charge on any atom is 0.0841 e.